The first kappa shape index (κ1) is 12.3. The van der Waals surface area contributed by atoms with E-state index in [1.165, 1.54) is 6.33 Å². The lowest BCUT2D eigenvalue weighted by Crippen LogP contribution is -2.43. The highest BCUT2D eigenvalue weighted by Gasteiger charge is 2.50. The second kappa shape index (κ2) is 4.14. The highest BCUT2D eigenvalue weighted by atomic mass is 16.7. The molecule has 2 aliphatic rings. The molecule has 1 aromatic heterocycles. The van der Waals surface area contributed by atoms with Crippen LogP contribution in [0.5, 0.6) is 0 Å². The van der Waals surface area contributed by atoms with Gasteiger partial charge in [0.25, 0.3) is 0 Å². The van der Waals surface area contributed by atoms with Gasteiger partial charge in [0.05, 0.1) is 6.42 Å². The van der Waals surface area contributed by atoms with E-state index in [2.05, 4.69) is 10.1 Å². The van der Waals surface area contributed by atoms with E-state index in [4.69, 9.17) is 10.5 Å². The number of carbonyl (C=O) groups excluding carboxylic acids is 1. The number of nitrogens with zero attached hydrogens (tertiary/aromatic N) is 3. The predicted octanol–water partition coefficient (Wildman–Crippen LogP) is -0.589. The van der Waals surface area contributed by atoms with Crippen LogP contribution in [0.2, 0.25) is 0 Å². The lowest BCUT2D eigenvalue weighted by molar-refractivity contribution is -0.182. The van der Waals surface area contributed by atoms with Crippen molar-refractivity contribution in [1.29, 1.82) is 0 Å². The normalized spacial score (nSPS) is 30.5. The van der Waals surface area contributed by atoms with Gasteiger partial charge in [-0.25, -0.2) is 9.78 Å². The Hall–Kier alpha value is -1.73. The van der Waals surface area contributed by atoms with Gasteiger partial charge in [-0.2, -0.15) is 5.10 Å². The molecule has 2 heterocycles. The van der Waals surface area contributed by atoms with Gasteiger partial charge >= 0.3 is 5.97 Å². The summed E-state index contributed by atoms with van der Waals surface area (Å²) >= 11 is 0. The average Bonchev–Trinajstić information content (AvgIpc) is 2.84. The van der Waals surface area contributed by atoms with Gasteiger partial charge in [-0.1, -0.05) is 0 Å². The molecule has 0 saturated carbocycles. The molecule has 3 rings (SSSR count). The third kappa shape index (κ3) is 1.85. The van der Waals surface area contributed by atoms with E-state index in [1.807, 2.05) is 0 Å². The molecule has 2 atom stereocenters. The van der Waals surface area contributed by atoms with Crippen LogP contribution in [0.4, 0.5) is 0 Å². The molecule has 0 radical (unpaired) electrons. The van der Waals surface area contributed by atoms with Crippen LogP contribution in [0.15, 0.2) is 17.5 Å². The maximum Gasteiger partial charge on any atom is 0.337 e. The Morgan fingerprint density at radius 2 is 2.47 bits per heavy atom. The first-order valence-electron chi connectivity index (χ1n) is 6.29. The maximum atomic E-state index is 11.8. The monoisotopic (exact) mass is 264 g/mol. The molecule has 0 bridgehead atoms. The molecule has 0 spiro atoms. The summed E-state index contributed by atoms with van der Waals surface area (Å²) in [6.07, 6.45) is 3.67. The van der Waals surface area contributed by atoms with Crippen LogP contribution < -0.4 is 5.73 Å². The fourth-order valence-corrected chi connectivity index (χ4v) is 2.83. The van der Waals surface area contributed by atoms with Crippen molar-refractivity contribution in [2.24, 2.45) is 12.8 Å². The molecule has 1 aromatic rings. The van der Waals surface area contributed by atoms with E-state index in [9.17, 15) is 9.90 Å². The zero-order valence-corrected chi connectivity index (χ0v) is 10.7. The molecule has 1 aliphatic carbocycles. The van der Waals surface area contributed by atoms with Crippen molar-refractivity contribution >= 4 is 5.97 Å². The number of cyclic esters (lactones) is 1. The fraction of sp³-hybridized carbons (Fsp3) is 0.583. The SMILES string of the molecule is Cn1ncnc1CC1(O)OC(=O)C2=C1C(N)CCC2. The van der Waals surface area contributed by atoms with Gasteiger partial charge in [0.2, 0.25) is 5.79 Å². The number of esters is 1. The molecule has 102 valence electrons. The number of hydrogen-bond acceptors (Lipinski definition) is 6. The number of aryl methyl sites for hydroxylation is 1. The minimum atomic E-state index is -1.67. The minimum absolute atomic E-state index is 0.0712. The smallest absolute Gasteiger partial charge is 0.337 e. The molecule has 1 aliphatic heterocycles. The van der Waals surface area contributed by atoms with Crippen LogP contribution in [0.3, 0.4) is 0 Å². The largest absolute Gasteiger partial charge is 0.425 e. The first-order valence-corrected chi connectivity index (χ1v) is 6.29. The zero-order chi connectivity index (χ0) is 13.6. The summed E-state index contributed by atoms with van der Waals surface area (Å²) in [4.78, 5) is 15.9. The quantitative estimate of drug-likeness (QED) is 0.692. The molecule has 0 amide bonds. The van der Waals surface area contributed by atoms with Gasteiger partial charge < -0.3 is 15.6 Å². The van der Waals surface area contributed by atoms with Gasteiger partial charge in [0, 0.05) is 24.2 Å². The van der Waals surface area contributed by atoms with E-state index in [0.29, 0.717) is 23.4 Å². The van der Waals surface area contributed by atoms with Crippen molar-refractivity contribution in [2.75, 3.05) is 0 Å². The van der Waals surface area contributed by atoms with Crippen LogP contribution >= 0.6 is 0 Å². The summed E-state index contributed by atoms with van der Waals surface area (Å²) in [6, 6.07) is -0.339. The Kier molecular flexibility index (Phi) is 2.68. The fourth-order valence-electron chi connectivity index (χ4n) is 2.83. The minimum Gasteiger partial charge on any atom is -0.425 e. The zero-order valence-electron chi connectivity index (χ0n) is 10.7. The topological polar surface area (TPSA) is 103 Å². The van der Waals surface area contributed by atoms with Crippen LogP contribution in [0.25, 0.3) is 0 Å². The van der Waals surface area contributed by atoms with Crippen molar-refractivity contribution < 1.29 is 14.6 Å². The van der Waals surface area contributed by atoms with Gasteiger partial charge in [-0.3, -0.25) is 4.68 Å². The van der Waals surface area contributed by atoms with Crippen molar-refractivity contribution in [2.45, 2.75) is 37.5 Å². The van der Waals surface area contributed by atoms with Crippen LogP contribution in [-0.4, -0.2) is 37.7 Å². The first-order chi connectivity index (χ1) is 9.01. The molecule has 0 aromatic carbocycles. The van der Waals surface area contributed by atoms with Gasteiger partial charge in [0.1, 0.15) is 12.2 Å². The van der Waals surface area contributed by atoms with Crippen molar-refractivity contribution in [3.05, 3.63) is 23.3 Å². The molecule has 7 heteroatoms. The summed E-state index contributed by atoms with van der Waals surface area (Å²) in [6.45, 7) is 0. The number of aliphatic hydroxyl groups is 1. The molecule has 0 saturated heterocycles. The Morgan fingerprint density at radius 3 is 3.16 bits per heavy atom. The second-order valence-corrected chi connectivity index (χ2v) is 5.04. The highest BCUT2D eigenvalue weighted by molar-refractivity contribution is 5.93. The standard InChI is InChI=1S/C12H16N4O3/c1-16-9(14-6-15-16)5-12(18)10-7(11(17)19-12)3-2-4-8(10)13/h6,8,18H,2-5,13H2,1H3. The van der Waals surface area contributed by atoms with E-state index in [0.717, 1.165) is 12.8 Å². The molecular formula is C12H16N4O3. The Balaban J connectivity index is 1.98. The summed E-state index contributed by atoms with van der Waals surface area (Å²) in [7, 11) is 1.72. The summed E-state index contributed by atoms with van der Waals surface area (Å²) in [5.74, 6) is -1.59. The number of nitrogens with two attached hydrogens (primary N) is 1. The van der Waals surface area contributed by atoms with Gasteiger partial charge in [0.15, 0.2) is 0 Å². The van der Waals surface area contributed by atoms with Gasteiger partial charge in [-0.05, 0) is 19.3 Å². The van der Waals surface area contributed by atoms with Crippen LogP contribution in [-0.2, 0) is 23.0 Å². The van der Waals surface area contributed by atoms with Crippen LogP contribution in [0, 0.1) is 0 Å². The molecular weight excluding hydrogens is 248 g/mol. The summed E-state index contributed by atoms with van der Waals surface area (Å²) < 4.78 is 6.72. The number of carbonyl (C=O) groups is 1. The predicted molar refractivity (Wildman–Crippen MR) is 64.6 cm³/mol. The van der Waals surface area contributed by atoms with E-state index >= 15 is 0 Å². The van der Waals surface area contributed by atoms with E-state index in [1.54, 1.807) is 11.7 Å². The number of rotatable bonds is 2. The number of aromatic nitrogens is 3. The Bertz CT molecular complexity index is 565. The van der Waals surface area contributed by atoms with Crippen LogP contribution in [0.1, 0.15) is 25.1 Å². The molecule has 7 nitrogen and oxygen atoms in total. The molecule has 0 fully saturated rings. The van der Waals surface area contributed by atoms with Crippen molar-refractivity contribution in [3.63, 3.8) is 0 Å². The highest BCUT2D eigenvalue weighted by Crippen LogP contribution is 2.40. The molecule has 3 N–H and O–H groups in total. The number of hydrogen-bond donors (Lipinski definition) is 2. The molecule has 2 unspecified atom stereocenters. The summed E-state index contributed by atoms with van der Waals surface area (Å²) in [5, 5.41) is 14.6. The Morgan fingerprint density at radius 1 is 1.68 bits per heavy atom. The second-order valence-electron chi connectivity index (χ2n) is 5.04. The Labute approximate surface area is 110 Å². The average molecular weight is 264 g/mol. The van der Waals surface area contributed by atoms with Crippen molar-refractivity contribution in [3.8, 4) is 0 Å². The third-order valence-corrected chi connectivity index (χ3v) is 3.77. The maximum absolute atomic E-state index is 11.8. The van der Waals surface area contributed by atoms with Gasteiger partial charge in [-0.15, -0.1) is 0 Å². The molecule has 19 heavy (non-hydrogen) atoms. The lowest BCUT2D eigenvalue weighted by Gasteiger charge is -2.29. The lowest BCUT2D eigenvalue weighted by atomic mass is 9.84. The van der Waals surface area contributed by atoms with Crippen molar-refractivity contribution in [1.82, 2.24) is 14.8 Å². The van der Waals surface area contributed by atoms with E-state index < -0.39 is 11.8 Å². The summed E-state index contributed by atoms with van der Waals surface area (Å²) in [5.41, 5.74) is 7.08. The third-order valence-electron chi connectivity index (χ3n) is 3.77. The number of ether oxygens (including phenoxy) is 1. The van der Waals surface area contributed by atoms with E-state index in [-0.39, 0.29) is 12.5 Å².